The van der Waals surface area contributed by atoms with Crippen LogP contribution in [-0.4, -0.2) is 23.5 Å². The van der Waals surface area contributed by atoms with E-state index in [0.29, 0.717) is 17.3 Å². The van der Waals surface area contributed by atoms with E-state index >= 15 is 0 Å². The number of rotatable bonds is 4. The minimum absolute atomic E-state index is 0.0479. The standard InChI is InChI=1S/C10H14N4O3S/c1-6-9(7(2)17-14-6)4-12-18(15,16)10-5-11-8(3)13-10/h5,12H,4H2,1-3H3,(H,11,13). The number of nitrogens with zero attached hydrogens (tertiary/aromatic N) is 2. The first-order valence-corrected chi connectivity index (χ1v) is 6.81. The Morgan fingerprint density at radius 2 is 2.11 bits per heavy atom. The van der Waals surface area contributed by atoms with Crippen LogP contribution < -0.4 is 4.72 Å². The van der Waals surface area contributed by atoms with Crippen LogP contribution >= 0.6 is 0 Å². The molecule has 2 aromatic rings. The SMILES string of the molecule is Cc1ncc(S(=O)(=O)NCc2c(C)noc2C)[nH]1. The fraction of sp³-hybridized carbons (Fsp3) is 0.400. The summed E-state index contributed by atoms with van der Waals surface area (Å²) >= 11 is 0. The largest absolute Gasteiger partial charge is 0.361 e. The molecule has 0 radical (unpaired) electrons. The maximum Gasteiger partial charge on any atom is 0.257 e. The Labute approximate surface area is 105 Å². The summed E-state index contributed by atoms with van der Waals surface area (Å²) < 4.78 is 31.3. The Morgan fingerprint density at radius 3 is 2.61 bits per heavy atom. The van der Waals surface area contributed by atoms with E-state index in [-0.39, 0.29) is 11.6 Å². The lowest BCUT2D eigenvalue weighted by Crippen LogP contribution is -2.24. The number of hydrogen-bond donors (Lipinski definition) is 2. The molecule has 7 nitrogen and oxygen atoms in total. The smallest absolute Gasteiger partial charge is 0.257 e. The van der Waals surface area contributed by atoms with Crippen LogP contribution in [0.3, 0.4) is 0 Å². The Balaban J connectivity index is 2.15. The van der Waals surface area contributed by atoms with E-state index in [1.54, 1.807) is 20.8 Å². The van der Waals surface area contributed by atoms with E-state index in [2.05, 4.69) is 19.8 Å². The van der Waals surface area contributed by atoms with E-state index < -0.39 is 10.0 Å². The molecule has 0 bridgehead atoms. The summed E-state index contributed by atoms with van der Waals surface area (Å²) in [6.07, 6.45) is 1.28. The molecule has 0 spiro atoms. The molecule has 0 amide bonds. The zero-order valence-corrected chi connectivity index (χ0v) is 11.1. The van der Waals surface area contributed by atoms with Gasteiger partial charge in [0.1, 0.15) is 11.6 Å². The van der Waals surface area contributed by atoms with Crippen LogP contribution in [-0.2, 0) is 16.6 Å². The first-order chi connectivity index (χ1) is 8.40. The molecule has 0 aliphatic carbocycles. The number of aromatic nitrogens is 3. The Morgan fingerprint density at radius 1 is 1.39 bits per heavy atom. The number of imidazole rings is 1. The van der Waals surface area contributed by atoms with Crippen molar-refractivity contribution in [3.8, 4) is 0 Å². The van der Waals surface area contributed by atoms with Gasteiger partial charge in [0.05, 0.1) is 11.9 Å². The van der Waals surface area contributed by atoms with Crippen LogP contribution in [0.1, 0.15) is 22.8 Å². The number of aryl methyl sites for hydroxylation is 3. The summed E-state index contributed by atoms with van der Waals surface area (Å²) in [4.78, 5) is 6.53. The predicted molar refractivity (Wildman–Crippen MR) is 63.3 cm³/mol. The molecule has 0 aliphatic rings. The van der Waals surface area contributed by atoms with Crippen molar-refractivity contribution in [2.45, 2.75) is 32.3 Å². The number of sulfonamides is 1. The van der Waals surface area contributed by atoms with Crippen molar-refractivity contribution in [1.82, 2.24) is 19.8 Å². The van der Waals surface area contributed by atoms with Crippen molar-refractivity contribution in [2.75, 3.05) is 0 Å². The molecule has 0 fully saturated rings. The highest BCUT2D eigenvalue weighted by Gasteiger charge is 2.18. The Kier molecular flexibility index (Phi) is 3.22. The van der Waals surface area contributed by atoms with Crippen molar-refractivity contribution >= 4 is 10.0 Å². The lowest BCUT2D eigenvalue weighted by molar-refractivity contribution is 0.392. The van der Waals surface area contributed by atoms with Crippen molar-refractivity contribution in [2.24, 2.45) is 0 Å². The van der Waals surface area contributed by atoms with Gasteiger partial charge >= 0.3 is 0 Å². The number of aromatic amines is 1. The summed E-state index contributed by atoms with van der Waals surface area (Å²) in [6, 6.07) is 0. The molecule has 0 atom stereocenters. The van der Waals surface area contributed by atoms with E-state index in [9.17, 15) is 8.42 Å². The minimum Gasteiger partial charge on any atom is -0.361 e. The maximum atomic E-state index is 11.9. The van der Waals surface area contributed by atoms with Crippen molar-refractivity contribution in [3.05, 3.63) is 29.0 Å². The van der Waals surface area contributed by atoms with Crippen LogP contribution in [0, 0.1) is 20.8 Å². The third-order valence-corrected chi connectivity index (χ3v) is 3.90. The number of hydrogen-bond acceptors (Lipinski definition) is 5. The quantitative estimate of drug-likeness (QED) is 0.855. The van der Waals surface area contributed by atoms with Crippen LogP contribution in [0.2, 0.25) is 0 Å². The van der Waals surface area contributed by atoms with Crippen LogP contribution in [0.5, 0.6) is 0 Å². The topological polar surface area (TPSA) is 101 Å². The molecule has 0 aliphatic heterocycles. The molecule has 98 valence electrons. The molecule has 0 saturated heterocycles. The summed E-state index contributed by atoms with van der Waals surface area (Å²) in [5.41, 5.74) is 1.42. The highest BCUT2D eigenvalue weighted by atomic mass is 32.2. The third-order valence-electron chi connectivity index (χ3n) is 2.59. The molecule has 18 heavy (non-hydrogen) atoms. The summed E-state index contributed by atoms with van der Waals surface area (Å²) in [7, 11) is -3.59. The fourth-order valence-corrected chi connectivity index (χ4v) is 2.50. The minimum atomic E-state index is -3.59. The fourth-order valence-electron chi connectivity index (χ4n) is 1.53. The van der Waals surface area contributed by atoms with Crippen molar-refractivity contribution in [1.29, 1.82) is 0 Å². The van der Waals surface area contributed by atoms with Gasteiger partial charge in [0, 0.05) is 12.1 Å². The van der Waals surface area contributed by atoms with E-state index in [0.717, 1.165) is 5.56 Å². The monoisotopic (exact) mass is 270 g/mol. The predicted octanol–water partition coefficient (Wildman–Crippen LogP) is 0.801. The second-order valence-corrected chi connectivity index (χ2v) is 5.70. The summed E-state index contributed by atoms with van der Waals surface area (Å²) in [5.74, 6) is 1.16. The Bertz CT molecular complexity index is 637. The number of nitrogens with one attached hydrogen (secondary N) is 2. The van der Waals surface area contributed by atoms with Gasteiger partial charge in [0.15, 0.2) is 5.03 Å². The van der Waals surface area contributed by atoms with Gasteiger partial charge in [0.2, 0.25) is 0 Å². The van der Waals surface area contributed by atoms with E-state index in [4.69, 9.17) is 4.52 Å². The highest BCUT2D eigenvalue weighted by molar-refractivity contribution is 7.89. The maximum absolute atomic E-state index is 11.9. The normalized spacial score (nSPS) is 11.9. The van der Waals surface area contributed by atoms with Crippen LogP contribution in [0.15, 0.2) is 15.7 Å². The molecule has 2 N–H and O–H groups in total. The van der Waals surface area contributed by atoms with Gasteiger partial charge in [-0.1, -0.05) is 5.16 Å². The van der Waals surface area contributed by atoms with Gasteiger partial charge in [-0.15, -0.1) is 0 Å². The van der Waals surface area contributed by atoms with E-state index in [1.165, 1.54) is 6.20 Å². The van der Waals surface area contributed by atoms with Gasteiger partial charge in [-0.2, -0.15) is 0 Å². The molecule has 2 heterocycles. The Hall–Kier alpha value is -1.67. The lowest BCUT2D eigenvalue weighted by atomic mass is 10.2. The molecule has 0 aromatic carbocycles. The molecular formula is C10H14N4O3S. The third kappa shape index (κ3) is 2.44. The highest BCUT2D eigenvalue weighted by Crippen LogP contribution is 2.13. The molecule has 0 unspecified atom stereocenters. The van der Waals surface area contributed by atoms with E-state index in [1.807, 2.05) is 0 Å². The molecule has 8 heteroatoms. The van der Waals surface area contributed by atoms with Gasteiger partial charge < -0.3 is 9.51 Å². The van der Waals surface area contributed by atoms with Crippen molar-refractivity contribution < 1.29 is 12.9 Å². The average Bonchev–Trinajstić information content (AvgIpc) is 2.85. The van der Waals surface area contributed by atoms with Crippen molar-refractivity contribution in [3.63, 3.8) is 0 Å². The molecule has 2 rings (SSSR count). The molecule has 2 aromatic heterocycles. The number of H-pyrrole nitrogens is 1. The molecular weight excluding hydrogens is 256 g/mol. The van der Waals surface area contributed by atoms with Gasteiger partial charge in [0.25, 0.3) is 10.0 Å². The first-order valence-electron chi connectivity index (χ1n) is 5.33. The lowest BCUT2D eigenvalue weighted by Gasteiger charge is -2.03. The van der Waals surface area contributed by atoms with Gasteiger partial charge in [-0.05, 0) is 20.8 Å². The van der Waals surface area contributed by atoms with Gasteiger partial charge in [-0.3, -0.25) is 0 Å². The zero-order chi connectivity index (χ0) is 13.3. The summed E-state index contributed by atoms with van der Waals surface area (Å²) in [5, 5.41) is 3.81. The van der Waals surface area contributed by atoms with Crippen LogP contribution in [0.4, 0.5) is 0 Å². The van der Waals surface area contributed by atoms with Crippen LogP contribution in [0.25, 0.3) is 0 Å². The first kappa shape index (κ1) is 12.8. The second kappa shape index (κ2) is 4.54. The van der Waals surface area contributed by atoms with Gasteiger partial charge in [-0.25, -0.2) is 18.1 Å². The zero-order valence-electron chi connectivity index (χ0n) is 10.3. The average molecular weight is 270 g/mol. The molecule has 0 saturated carbocycles. The second-order valence-electron chi connectivity index (χ2n) is 3.96. The summed E-state index contributed by atoms with van der Waals surface area (Å²) in [6.45, 7) is 5.33.